The van der Waals surface area contributed by atoms with Gasteiger partial charge in [0, 0.05) is 25.1 Å². The minimum Gasteiger partial charge on any atom is -0.381 e. The highest BCUT2D eigenvalue weighted by molar-refractivity contribution is 7.10. The molecule has 3 rings (SSSR count). The molecule has 5 nitrogen and oxygen atoms in total. The molecule has 2 aromatic heterocycles. The molecule has 6 heteroatoms. The average molecular weight is 319 g/mol. The van der Waals surface area contributed by atoms with Crippen LogP contribution in [-0.4, -0.2) is 28.9 Å². The van der Waals surface area contributed by atoms with E-state index in [9.17, 15) is 4.79 Å². The van der Waals surface area contributed by atoms with Crippen LogP contribution >= 0.6 is 11.3 Å². The summed E-state index contributed by atoms with van der Waals surface area (Å²) in [6, 6.07) is 6.00. The van der Waals surface area contributed by atoms with E-state index in [-0.39, 0.29) is 11.9 Å². The van der Waals surface area contributed by atoms with Gasteiger partial charge in [0.05, 0.1) is 11.7 Å². The zero-order valence-electron chi connectivity index (χ0n) is 12.9. The quantitative estimate of drug-likeness (QED) is 0.942. The van der Waals surface area contributed by atoms with Crippen molar-refractivity contribution >= 4 is 17.2 Å². The van der Waals surface area contributed by atoms with Gasteiger partial charge in [0.15, 0.2) is 0 Å². The number of thiophene rings is 1. The predicted molar refractivity (Wildman–Crippen MR) is 86.0 cm³/mol. The van der Waals surface area contributed by atoms with Crippen molar-refractivity contribution in [2.45, 2.75) is 25.8 Å². The van der Waals surface area contributed by atoms with Gasteiger partial charge >= 0.3 is 0 Å². The van der Waals surface area contributed by atoms with Gasteiger partial charge in [-0.25, -0.2) is 0 Å². The summed E-state index contributed by atoms with van der Waals surface area (Å²) in [6.45, 7) is 3.44. The van der Waals surface area contributed by atoms with Crippen LogP contribution in [0.1, 0.15) is 39.9 Å². The first-order valence-corrected chi connectivity index (χ1v) is 8.46. The van der Waals surface area contributed by atoms with Crippen LogP contribution in [0.4, 0.5) is 0 Å². The summed E-state index contributed by atoms with van der Waals surface area (Å²) < 4.78 is 7.09. The largest absolute Gasteiger partial charge is 0.381 e. The number of rotatable bonds is 4. The third kappa shape index (κ3) is 3.23. The molecule has 1 unspecified atom stereocenters. The molecule has 118 valence electrons. The van der Waals surface area contributed by atoms with E-state index in [2.05, 4.69) is 21.9 Å². The van der Waals surface area contributed by atoms with Crippen LogP contribution < -0.4 is 5.32 Å². The van der Waals surface area contributed by atoms with E-state index < -0.39 is 0 Å². The molecule has 1 atom stereocenters. The number of carbonyl (C=O) groups excluding carboxylic acids is 1. The van der Waals surface area contributed by atoms with Crippen molar-refractivity contribution in [3.05, 3.63) is 39.8 Å². The molecule has 3 heterocycles. The van der Waals surface area contributed by atoms with Crippen molar-refractivity contribution in [1.82, 2.24) is 15.1 Å². The minimum absolute atomic E-state index is 0.0478. The fraction of sp³-hybridized carbons (Fsp3) is 0.500. The van der Waals surface area contributed by atoms with Crippen LogP contribution in [0.2, 0.25) is 0 Å². The van der Waals surface area contributed by atoms with Gasteiger partial charge in [0.2, 0.25) is 0 Å². The lowest BCUT2D eigenvalue weighted by molar-refractivity contribution is 0.0517. The van der Waals surface area contributed by atoms with E-state index in [1.54, 1.807) is 23.1 Å². The fourth-order valence-electron chi connectivity index (χ4n) is 2.98. The molecule has 0 saturated carbocycles. The zero-order chi connectivity index (χ0) is 15.5. The standard InChI is InChI=1S/C16H21N3O2S/c1-11-10-13(19(2)18-11)16(20)17-15(14-4-3-9-22-14)12-5-7-21-8-6-12/h3-4,9-10,12,15H,5-8H2,1-2H3,(H,17,20). The van der Waals surface area contributed by atoms with Crippen LogP contribution in [0, 0.1) is 12.8 Å². The maximum atomic E-state index is 12.6. The Morgan fingerprint density at radius 1 is 1.50 bits per heavy atom. The van der Waals surface area contributed by atoms with Crippen molar-refractivity contribution < 1.29 is 9.53 Å². The molecule has 0 aliphatic carbocycles. The van der Waals surface area contributed by atoms with E-state index in [0.717, 1.165) is 31.7 Å². The molecular formula is C16H21N3O2S. The normalized spacial score (nSPS) is 17.4. The Balaban J connectivity index is 1.80. The fourth-order valence-corrected chi connectivity index (χ4v) is 3.85. The highest BCUT2D eigenvalue weighted by Gasteiger charge is 2.28. The topological polar surface area (TPSA) is 56.1 Å². The first kappa shape index (κ1) is 15.2. The predicted octanol–water partition coefficient (Wildman–Crippen LogP) is 2.69. The summed E-state index contributed by atoms with van der Waals surface area (Å²) in [4.78, 5) is 13.8. The maximum Gasteiger partial charge on any atom is 0.270 e. The van der Waals surface area contributed by atoms with Crippen LogP contribution in [0.25, 0.3) is 0 Å². The third-order valence-corrected chi connectivity index (χ3v) is 5.06. The molecule has 0 spiro atoms. The Morgan fingerprint density at radius 3 is 2.86 bits per heavy atom. The number of carbonyl (C=O) groups is 1. The Labute approximate surface area is 134 Å². The monoisotopic (exact) mass is 319 g/mol. The third-order valence-electron chi connectivity index (χ3n) is 4.11. The van der Waals surface area contributed by atoms with E-state index in [1.807, 2.05) is 19.1 Å². The number of amides is 1. The highest BCUT2D eigenvalue weighted by Crippen LogP contribution is 2.32. The van der Waals surface area contributed by atoms with Gasteiger partial charge < -0.3 is 10.1 Å². The van der Waals surface area contributed by atoms with Crippen molar-refractivity contribution in [3.63, 3.8) is 0 Å². The number of hydrogen-bond donors (Lipinski definition) is 1. The lowest BCUT2D eigenvalue weighted by atomic mass is 9.90. The Hall–Kier alpha value is -1.66. The van der Waals surface area contributed by atoms with Crippen molar-refractivity contribution in [1.29, 1.82) is 0 Å². The molecule has 0 aromatic carbocycles. The van der Waals surface area contributed by atoms with Crippen LogP contribution in [0.3, 0.4) is 0 Å². The SMILES string of the molecule is Cc1cc(C(=O)NC(c2cccs2)C2CCOCC2)n(C)n1. The van der Waals surface area contributed by atoms with Crippen molar-refractivity contribution in [3.8, 4) is 0 Å². The Morgan fingerprint density at radius 2 is 2.27 bits per heavy atom. The molecule has 1 aliphatic rings. The summed E-state index contributed by atoms with van der Waals surface area (Å²) in [7, 11) is 1.80. The van der Waals surface area contributed by atoms with Crippen LogP contribution in [0.5, 0.6) is 0 Å². The van der Waals surface area contributed by atoms with E-state index in [4.69, 9.17) is 4.74 Å². The van der Waals surface area contributed by atoms with Gasteiger partial charge in [0.1, 0.15) is 5.69 Å². The molecule has 1 saturated heterocycles. The molecule has 1 aliphatic heterocycles. The van der Waals surface area contributed by atoms with Crippen molar-refractivity contribution in [2.24, 2.45) is 13.0 Å². The maximum absolute atomic E-state index is 12.6. The first-order chi connectivity index (χ1) is 10.6. The average Bonchev–Trinajstić information content (AvgIpc) is 3.15. The Bertz CT molecular complexity index is 630. The smallest absolute Gasteiger partial charge is 0.270 e. The summed E-state index contributed by atoms with van der Waals surface area (Å²) in [5.41, 5.74) is 1.46. The zero-order valence-corrected chi connectivity index (χ0v) is 13.7. The molecule has 1 amide bonds. The van der Waals surface area contributed by atoms with Crippen LogP contribution in [0.15, 0.2) is 23.6 Å². The molecule has 1 fully saturated rings. The van der Waals surface area contributed by atoms with Crippen molar-refractivity contribution in [2.75, 3.05) is 13.2 Å². The molecule has 1 N–H and O–H groups in total. The highest BCUT2D eigenvalue weighted by atomic mass is 32.1. The van der Waals surface area contributed by atoms with Gasteiger partial charge in [-0.1, -0.05) is 6.07 Å². The summed E-state index contributed by atoms with van der Waals surface area (Å²) >= 11 is 1.69. The lowest BCUT2D eigenvalue weighted by Crippen LogP contribution is -2.36. The molecule has 0 bridgehead atoms. The number of aryl methyl sites for hydroxylation is 2. The van der Waals surface area contributed by atoms with Gasteiger partial charge in [0.25, 0.3) is 5.91 Å². The molecule has 0 radical (unpaired) electrons. The lowest BCUT2D eigenvalue weighted by Gasteiger charge is -2.30. The minimum atomic E-state index is -0.0620. The number of nitrogens with zero attached hydrogens (tertiary/aromatic N) is 2. The van der Waals surface area contributed by atoms with Gasteiger partial charge in [-0.15, -0.1) is 11.3 Å². The molecular weight excluding hydrogens is 298 g/mol. The van der Waals surface area contributed by atoms with E-state index in [1.165, 1.54) is 4.88 Å². The Kier molecular flexibility index (Phi) is 4.59. The second kappa shape index (κ2) is 6.62. The van der Waals surface area contributed by atoms with Gasteiger partial charge in [-0.3, -0.25) is 9.48 Å². The van der Waals surface area contributed by atoms with Crippen LogP contribution in [-0.2, 0) is 11.8 Å². The number of hydrogen-bond acceptors (Lipinski definition) is 4. The first-order valence-electron chi connectivity index (χ1n) is 7.58. The number of ether oxygens (including phenoxy) is 1. The van der Waals surface area contributed by atoms with Gasteiger partial charge in [-0.2, -0.15) is 5.10 Å². The molecule has 22 heavy (non-hydrogen) atoms. The summed E-state index contributed by atoms with van der Waals surface area (Å²) in [5, 5.41) is 9.53. The second-order valence-electron chi connectivity index (χ2n) is 5.71. The summed E-state index contributed by atoms with van der Waals surface area (Å²) in [5.74, 6) is 0.360. The second-order valence-corrected chi connectivity index (χ2v) is 6.69. The van der Waals surface area contributed by atoms with E-state index in [0.29, 0.717) is 11.6 Å². The van der Waals surface area contributed by atoms with E-state index >= 15 is 0 Å². The number of nitrogens with one attached hydrogen (secondary N) is 1. The van der Waals surface area contributed by atoms with Gasteiger partial charge in [-0.05, 0) is 43.2 Å². The molecule has 2 aromatic rings. The summed E-state index contributed by atoms with van der Waals surface area (Å²) in [6.07, 6.45) is 1.96. The number of aromatic nitrogens is 2.